The van der Waals surface area contributed by atoms with Crippen LogP contribution in [-0.4, -0.2) is 17.8 Å². The molecule has 2 unspecified atom stereocenters. The highest BCUT2D eigenvalue weighted by molar-refractivity contribution is 5.49. The lowest BCUT2D eigenvalue weighted by atomic mass is 9.87. The predicted octanol–water partition coefficient (Wildman–Crippen LogP) is 4.27. The monoisotopic (exact) mass is 292 g/mol. The summed E-state index contributed by atoms with van der Waals surface area (Å²) in [7, 11) is 0. The van der Waals surface area contributed by atoms with E-state index in [0.29, 0.717) is 6.61 Å². The van der Waals surface area contributed by atoms with Crippen LogP contribution < -0.4 is 9.47 Å². The van der Waals surface area contributed by atoms with Gasteiger partial charge in [0, 0.05) is 17.5 Å². The maximum atomic E-state index is 10.6. The molecule has 0 radical (unpaired) electrons. The van der Waals surface area contributed by atoms with Gasteiger partial charge in [0.25, 0.3) is 0 Å². The molecule has 21 heavy (non-hydrogen) atoms. The minimum atomic E-state index is -0.504. The Morgan fingerprint density at radius 1 is 1.38 bits per heavy atom. The molecule has 0 fully saturated rings. The first-order chi connectivity index (χ1) is 9.80. The van der Waals surface area contributed by atoms with Crippen molar-refractivity contribution < 1.29 is 14.6 Å². The van der Waals surface area contributed by atoms with Gasteiger partial charge in [0.05, 0.1) is 12.7 Å². The van der Waals surface area contributed by atoms with Crippen LogP contribution in [0.1, 0.15) is 64.7 Å². The summed E-state index contributed by atoms with van der Waals surface area (Å²) >= 11 is 0. The van der Waals surface area contributed by atoms with Crippen LogP contribution in [0.5, 0.6) is 11.5 Å². The summed E-state index contributed by atoms with van der Waals surface area (Å²) in [6.07, 6.45) is 2.31. The molecule has 2 atom stereocenters. The Hall–Kier alpha value is -1.22. The highest BCUT2D eigenvalue weighted by Gasteiger charge is 2.25. The molecule has 0 aliphatic carbocycles. The molecule has 1 aromatic rings. The van der Waals surface area contributed by atoms with Crippen molar-refractivity contribution >= 4 is 0 Å². The zero-order chi connectivity index (χ0) is 15.6. The van der Waals surface area contributed by atoms with Crippen molar-refractivity contribution in [2.75, 3.05) is 6.61 Å². The van der Waals surface area contributed by atoms with E-state index in [4.69, 9.17) is 9.47 Å². The van der Waals surface area contributed by atoms with E-state index in [9.17, 15) is 5.11 Å². The molecule has 0 saturated carbocycles. The van der Waals surface area contributed by atoms with E-state index < -0.39 is 6.10 Å². The molecule has 3 nitrogen and oxygen atoms in total. The predicted molar refractivity (Wildman–Crippen MR) is 85.1 cm³/mol. The summed E-state index contributed by atoms with van der Waals surface area (Å²) in [6, 6.07) is 4.01. The average molecular weight is 292 g/mol. The summed E-state index contributed by atoms with van der Waals surface area (Å²) in [5, 5.41) is 10.6. The molecule has 0 aromatic heterocycles. The van der Waals surface area contributed by atoms with Crippen molar-refractivity contribution in [1.82, 2.24) is 0 Å². The zero-order valence-electron chi connectivity index (χ0n) is 13.9. The maximum absolute atomic E-state index is 10.6. The number of hydrogen-bond donors (Lipinski definition) is 1. The first-order valence-corrected chi connectivity index (χ1v) is 7.94. The van der Waals surface area contributed by atoms with Gasteiger partial charge in [0.2, 0.25) is 0 Å². The number of fused-ring (bicyclic) bond motifs is 1. The molecule has 1 aromatic carbocycles. The Morgan fingerprint density at radius 3 is 2.71 bits per heavy atom. The second-order valence-electron chi connectivity index (χ2n) is 7.18. The van der Waals surface area contributed by atoms with Crippen molar-refractivity contribution in [3.8, 4) is 11.5 Å². The first kappa shape index (κ1) is 16.2. The third-order valence-electron chi connectivity index (χ3n) is 3.86. The van der Waals surface area contributed by atoms with E-state index in [0.717, 1.165) is 36.3 Å². The normalized spacial score (nSPS) is 19.0. The molecule has 0 bridgehead atoms. The van der Waals surface area contributed by atoms with Crippen LogP contribution in [-0.2, 0) is 6.42 Å². The topological polar surface area (TPSA) is 38.7 Å². The SMILES string of the molecule is CCOc1cc2c(cc1C(O)CCC(C)(C)C)OC(C)C2. The summed E-state index contributed by atoms with van der Waals surface area (Å²) < 4.78 is 11.5. The Labute approximate surface area is 128 Å². The standard InChI is InChI=1S/C18H28O3/c1-6-20-17-10-13-9-12(2)21-16(13)11-14(17)15(19)7-8-18(3,4)5/h10-12,15,19H,6-9H2,1-5H3. The zero-order valence-corrected chi connectivity index (χ0v) is 13.9. The second-order valence-corrected chi connectivity index (χ2v) is 7.18. The van der Waals surface area contributed by atoms with Gasteiger partial charge in [-0.05, 0) is 44.2 Å². The van der Waals surface area contributed by atoms with Gasteiger partial charge in [-0.2, -0.15) is 0 Å². The molecule has 1 heterocycles. The lowest BCUT2D eigenvalue weighted by molar-refractivity contribution is 0.142. The molecular formula is C18H28O3. The number of benzene rings is 1. The van der Waals surface area contributed by atoms with Gasteiger partial charge < -0.3 is 14.6 Å². The van der Waals surface area contributed by atoms with Crippen LogP contribution in [0, 0.1) is 5.41 Å². The molecule has 3 heteroatoms. The molecule has 1 aliphatic heterocycles. The van der Waals surface area contributed by atoms with Crippen LogP contribution in [0.2, 0.25) is 0 Å². The Balaban J connectivity index is 2.22. The number of rotatable bonds is 5. The molecule has 0 amide bonds. The van der Waals surface area contributed by atoms with Crippen LogP contribution in [0.3, 0.4) is 0 Å². The third-order valence-corrected chi connectivity index (χ3v) is 3.86. The van der Waals surface area contributed by atoms with E-state index >= 15 is 0 Å². The minimum absolute atomic E-state index is 0.205. The van der Waals surface area contributed by atoms with Crippen molar-refractivity contribution in [2.24, 2.45) is 5.41 Å². The molecule has 0 spiro atoms. The lowest BCUT2D eigenvalue weighted by Crippen LogP contribution is -2.09. The van der Waals surface area contributed by atoms with E-state index in [1.807, 2.05) is 19.1 Å². The fourth-order valence-corrected chi connectivity index (χ4v) is 2.72. The number of aliphatic hydroxyl groups is 1. The van der Waals surface area contributed by atoms with Crippen LogP contribution in [0.15, 0.2) is 12.1 Å². The van der Waals surface area contributed by atoms with Gasteiger partial charge in [0.15, 0.2) is 0 Å². The summed E-state index contributed by atoms with van der Waals surface area (Å²) in [4.78, 5) is 0. The highest BCUT2D eigenvalue weighted by atomic mass is 16.5. The van der Waals surface area contributed by atoms with E-state index in [1.165, 1.54) is 5.56 Å². The minimum Gasteiger partial charge on any atom is -0.493 e. The molecule has 0 saturated heterocycles. The Morgan fingerprint density at radius 2 is 2.10 bits per heavy atom. The summed E-state index contributed by atoms with van der Waals surface area (Å²) in [5.41, 5.74) is 2.25. The number of hydrogen-bond acceptors (Lipinski definition) is 3. The van der Waals surface area contributed by atoms with Crippen LogP contribution >= 0.6 is 0 Å². The molecule has 2 rings (SSSR count). The van der Waals surface area contributed by atoms with Crippen molar-refractivity contribution in [3.63, 3.8) is 0 Å². The van der Waals surface area contributed by atoms with Crippen LogP contribution in [0.4, 0.5) is 0 Å². The van der Waals surface area contributed by atoms with Crippen molar-refractivity contribution in [2.45, 2.75) is 66.1 Å². The van der Waals surface area contributed by atoms with E-state index in [1.54, 1.807) is 0 Å². The van der Waals surface area contributed by atoms with Crippen molar-refractivity contribution in [3.05, 3.63) is 23.3 Å². The van der Waals surface area contributed by atoms with E-state index in [2.05, 4.69) is 27.7 Å². The largest absolute Gasteiger partial charge is 0.493 e. The number of aliphatic hydroxyl groups excluding tert-OH is 1. The maximum Gasteiger partial charge on any atom is 0.125 e. The quantitative estimate of drug-likeness (QED) is 0.881. The summed E-state index contributed by atoms with van der Waals surface area (Å²) in [5.74, 6) is 1.70. The van der Waals surface area contributed by atoms with Gasteiger partial charge in [-0.25, -0.2) is 0 Å². The molecule has 1 N–H and O–H groups in total. The Kier molecular flexibility index (Phi) is 4.82. The average Bonchev–Trinajstić information content (AvgIpc) is 2.73. The fourth-order valence-electron chi connectivity index (χ4n) is 2.72. The third kappa shape index (κ3) is 4.13. The molecule has 118 valence electrons. The lowest BCUT2D eigenvalue weighted by Gasteiger charge is -2.22. The number of ether oxygens (including phenoxy) is 2. The van der Waals surface area contributed by atoms with Gasteiger partial charge in [-0.3, -0.25) is 0 Å². The van der Waals surface area contributed by atoms with Gasteiger partial charge in [-0.15, -0.1) is 0 Å². The highest BCUT2D eigenvalue weighted by Crippen LogP contribution is 2.39. The van der Waals surface area contributed by atoms with Crippen LogP contribution in [0.25, 0.3) is 0 Å². The van der Waals surface area contributed by atoms with Gasteiger partial charge in [-0.1, -0.05) is 20.8 Å². The van der Waals surface area contributed by atoms with E-state index in [-0.39, 0.29) is 11.5 Å². The summed E-state index contributed by atoms with van der Waals surface area (Å²) in [6.45, 7) is 11.2. The molecule has 1 aliphatic rings. The van der Waals surface area contributed by atoms with Gasteiger partial charge >= 0.3 is 0 Å². The molecular weight excluding hydrogens is 264 g/mol. The van der Waals surface area contributed by atoms with Crippen molar-refractivity contribution in [1.29, 1.82) is 0 Å². The fraction of sp³-hybridized carbons (Fsp3) is 0.667. The second kappa shape index (κ2) is 6.27. The first-order valence-electron chi connectivity index (χ1n) is 7.94. The Bertz CT molecular complexity index is 488. The smallest absolute Gasteiger partial charge is 0.125 e. The van der Waals surface area contributed by atoms with Gasteiger partial charge in [0.1, 0.15) is 17.6 Å².